The van der Waals surface area contributed by atoms with Crippen LogP contribution in [0.1, 0.15) is 38.2 Å². The van der Waals surface area contributed by atoms with E-state index >= 15 is 0 Å². The third kappa shape index (κ3) is 5.44. The van der Waals surface area contributed by atoms with Crippen molar-refractivity contribution >= 4 is 23.0 Å². The van der Waals surface area contributed by atoms with Gasteiger partial charge >= 0.3 is 0 Å². The molecule has 1 atom stereocenters. The van der Waals surface area contributed by atoms with Crippen LogP contribution >= 0.6 is 12.2 Å². The topological polar surface area (TPSA) is 45.7 Å². The maximum atomic E-state index is 5.55. The molecule has 1 saturated heterocycles. The van der Waals surface area contributed by atoms with Crippen LogP contribution in [-0.4, -0.2) is 30.1 Å². The molecule has 1 fully saturated rings. The Morgan fingerprint density at radius 2 is 2.19 bits per heavy atom. The van der Waals surface area contributed by atoms with Gasteiger partial charge in [-0.1, -0.05) is 43.7 Å². The van der Waals surface area contributed by atoms with Crippen LogP contribution in [-0.2, 0) is 4.74 Å². The summed E-state index contributed by atoms with van der Waals surface area (Å²) in [6.45, 7) is 3.75. The van der Waals surface area contributed by atoms with Crippen molar-refractivity contribution in [3.63, 3.8) is 0 Å². The predicted molar refractivity (Wildman–Crippen MR) is 90.6 cm³/mol. The smallest absolute Gasteiger partial charge is 0.187 e. The molecule has 0 saturated carbocycles. The Morgan fingerprint density at radius 3 is 2.86 bits per heavy atom. The monoisotopic (exact) mass is 305 g/mol. The molecule has 0 amide bonds. The molecule has 0 bridgehead atoms. The van der Waals surface area contributed by atoms with Gasteiger partial charge in [-0.2, -0.15) is 5.10 Å². The highest BCUT2D eigenvalue weighted by atomic mass is 32.1. The van der Waals surface area contributed by atoms with Gasteiger partial charge < -0.3 is 10.1 Å². The lowest BCUT2D eigenvalue weighted by molar-refractivity contribution is 0.114. The Labute approximate surface area is 132 Å². The number of ether oxygens (including phenoxy) is 1. The normalized spacial score (nSPS) is 18.5. The Balaban J connectivity index is 1.85. The minimum absolute atomic E-state index is 0.276. The SMILES string of the molecule is CCC/C(=N/NC(=S)NC[C@@H]1CCCO1)c1ccccc1. The number of hydrazone groups is 1. The van der Waals surface area contributed by atoms with Crippen molar-refractivity contribution in [3.05, 3.63) is 35.9 Å². The third-order valence-electron chi connectivity index (χ3n) is 3.40. The quantitative estimate of drug-likeness (QED) is 0.482. The second-order valence-electron chi connectivity index (χ2n) is 5.13. The first-order valence-corrected chi connectivity index (χ1v) is 7.98. The van der Waals surface area contributed by atoms with Gasteiger partial charge in [-0.3, -0.25) is 5.43 Å². The number of rotatable bonds is 6. The fourth-order valence-electron chi connectivity index (χ4n) is 2.30. The average molecular weight is 305 g/mol. The van der Waals surface area contributed by atoms with Gasteiger partial charge in [-0.15, -0.1) is 0 Å². The van der Waals surface area contributed by atoms with E-state index in [-0.39, 0.29) is 6.10 Å². The van der Waals surface area contributed by atoms with E-state index in [0.29, 0.717) is 5.11 Å². The Bertz CT molecular complexity index is 470. The van der Waals surface area contributed by atoms with E-state index in [1.807, 2.05) is 18.2 Å². The van der Waals surface area contributed by atoms with E-state index in [2.05, 4.69) is 34.9 Å². The number of nitrogens with zero attached hydrogens (tertiary/aromatic N) is 1. The van der Waals surface area contributed by atoms with Crippen molar-refractivity contribution in [1.29, 1.82) is 0 Å². The van der Waals surface area contributed by atoms with Gasteiger partial charge in [0.15, 0.2) is 5.11 Å². The third-order valence-corrected chi connectivity index (χ3v) is 3.64. The lowest BCUT2D eigenvalue weighted by Gasteiger charge is -2.13. The first kappa shape index (κ1) is 15.9. The molecule has 4 nitrogen and oxygen atoms in total. The van der Waals surface area contributed by atoms with E-state index in [0.717, 1.165) is 50.1 Å². The summed E-state index contributed by atoms with van der Waals surface area (Å²) in [6.07, 6.45) is 4.48. The molecule has 1 aliphatic rings. The van der Waals surface area contributed by atoms with Crippen LogP contribution in [0.3, 0.4) is 0 Å². The van der Waals surface area contributed by atoms with Gasteiger partial charge in [0, 0.05) is 13.2 Å². The number of hydrogen-bond donors (Lipinski definition) is 2. The molecule has 1 aromatic rings. The maximum absolute atomic E-state index is 5.55. The fraction of sp³-hybridized carbons (Fsp3) is 0.500. The molecule has 5 heteroatoms. The van der Waals surface area contributed by atoms with Gasteiger partial charge in [0.1, 0.15) is 0 Å². The summed E-state index contributed by atoms with van der Waals surface area (Å²) in [6, 6.07) is 10.2. The molecule has 1 heterocycles. The summed E-state index contributed by atoms with van der Waals surface area (Å²) in [7, 11) is 0. The summed E-state index contributed by atoms with van der Waals surface area (Å²) < 4.78 is 5.55. The van der Waals surface area contributed by atoms with Crippen molar-refractivity contribution in [2.75, 3.05) is 13.2 Å². The van der Waals surface area contributed by atoms with Crippen molar-refractivity contribution in [1.82, 2.24) is 10.7 Å². The predicted octanol–water partition coefficient (Wildman–Crippen LogP) is 2.83. The van der Waals surface area contributed by atoms with Crippen molar-refractivity contribution in [3.8, 4) is 0 Å². The van der Waals surface area contributed by atoms with Gasteiger partial charge in [-0.25, -0.2) is 0 Å². The molecule has 114 valence electrons. The Hall–Kier alpha value is -1.46. The Morgan fingerprint density at radius 1 is 1.38 bits per heavy atom. The van der Waals surface area contributed by atoms with E-state index in [4.69, 9.17) is 17.0 Å². The zero-order chi connectivity index (χ0) is 14.9. The summed E-state index contributed by atoms with van der Waals surface area (Å²) in [5.41, 5.74) is 5.10. The molecule has 1 aromatic carbocycles. The molecule has 0 unspecified atom stereocenters. The minimum Gasteiger partial charge on any atom is -0.376 e. The lowest BCUT2D eigenvalue weighted by atomic mass is 10.1. The summed E-state index contributed by atoms with van der Waals surface area (Å²) in [4.78, 5) is 0. The van der Waals surface area contributed by atoms with Gasteiger partial charge in [0.05, 0.1) is 11.8 Å². The molecule has 1 aliphatic heterocycles. The van der Waals surface area contributed by atoms with E-state index in [1.54, 1.807) is 0 Å². The second-order valence-corrected chi connectivity index (χ2v) is 5.54. The minimum atomic E-state index is 0.276. The van der Waals surface area contributed by atoms with Crippen molar-refractivity contribution in [2.24, 2.45) is 5.10 Å². The molecule has 0 aliphatic carbocycles. The lowest BCUT2D eigenvalue weighted by Crippen LogP contribution is -2.37. The van der Waals surface area contributed by atoms with Gasteiger partial charge in [0.2, 0.25) is 0 Å². The fourth-order valence-corrected chi connectivity index (χ4v) is 2.43. The molecular formula is C16H23N3OS. The first-order chi connectivity index (χ1) is 10.3. The highest BCUT2D eigenvalue weighted by molar-refractivity contribution is 7.80. The van der Waals surface area contributed by atoms with Crippen LogP contribution in [0, 0.1) is 0 Å². The summed E-state index contributed by atoms with van der Waals surface area (Å²) in [5, 5.41) is 8.16. The molecule has 2 rings (SSSR count). The van der Waals surface area contributed by atoms with Gasteiger partial charge in [-0.05, 0) is 37.0 Å². The summed E-state index contributed by atoms with van der Waals surface area (Å²) in [5.74, 6) is 0. The van der Waals surface area contributed by atoms with Crippen LogP contribution < -0.4 is 10.7 Å². The second kappa shape index (κ2) is 8.74. The van der Waals surface area contributed by atoms with Crippen LogP contribution in [0.25, 0.3) is 0 Å². The van der Waals surface area contributed by atoms with E-state index in [1.165, 1.54) is 0 Å². The maximum Gasteiger partial charge on any atom is 0.187 e. The van der Waals surface area contributed by atoms with Crippen LogP contribution in [0.15, 0.2) is 35.4 Å². The molecule has 0 radical (unpaired) electrons. The zero-order valence-corrected chi connectivity index (χ0v) is 13.3. The number of nitrogens with one attached hydrogen (secondary N) is 2. The number of hydrogen-bond acceptors (Lipinski definition) is 3. The zero-order valence-electron chi connectivity index (χ0n) is 12.5. The summed E-state index contributed by atoms with van der Waals surface area (Å²) >= 11 is 5.26. The van der Waals surface area contributed by atoms with Crippen molar-refractivity contribution < 1.29 is 4.74 Å². The van der Waals surface area contributed by atoms with E-state index in [9.17, 15) is 0 Å². The van der Waals surface area contributed by atoms with Crippen LogP contribution in [0.4, 0.5) is 0 Å². The molecule has 0 aromatic heterocycles. The molecule has 21 heavy (non-hydrogen) atoms. The highest BCUT2D eigenvalue weighted by Crippen LogP contribution is 2.10. The largest absolute Gasteiger partial charge is 0.376 e. The number of thiocarbonyl (C=S) groups is 1. The average Bonchev–Trinajstić information content (AvgIpc) is 3.03. The first-order valence-electron chi connectivity index (χ1n) is 7.57. The van der Waals surface area contributed by atoms with Gasteiger partial charge in [0.25, 0.3) is 0 Å². The highest BCUT2D eigenvalue weighted by Gasteiger charge is 2.15. The van der Waals surface area contributed by atoms with E-state index < -0.39 is 0 Å². The van der Waals surface area contributed by atoms with Crippen LogP contribution in [0.5, 0.6) is 0 Å². The molecular weight excluding hydrogens is 282 g/mol. The standard InChI is InChI=1S/C16H23N3OS/c1-2-7-15(13-8-4-3-5-9-13)18-19-16(21)17-12-14-10-6-11-20-14/h3-5,8-9,14H,2,6-7,10-12H2,1H3,(H2,17,19,21)/b18-15-/t14-/m0/s1. The van der Waals surface area contributed by atoms with Crippen LogP contribution in [0.2, 0.25) is 0 Å². The molecule has 2 N–H and O–H groups in total. The number of benzene rings is 1. The Kier molecular flexibility index (Phi) is 6.63. The molecule has 0 spiro atoms. The van der Waals surface area contributed by atoms with Crippen molar-refractivity contribution in [2.45, 2.75) is 38.7 Å².